The van der Waals surface area contributed by atoms with E-state index in [0.29, 0.717) is 17.2 Å². The van der Waals surface area contributed by atoms with E-state index in [1.165, 1.54) is 6.07 Å². The average Bonchev–Trinajstić information content (AvgIpc) is 2.73. The molecule has 108 valence electrons. The largest absolute Gasteiger partial charge is 0.492 e. The summed E-state index contributed by atoms with van der Waals surface area (Å²) in [5, 5.41) is 3.56. The number of nitrogens with zero attached hydrogens (tertiary/aromatic N) is 1. The minimum atomic E-state index is -3.53. The number of benzene rings is 1. The quantitative estimate of drug-likeness (QED) is 0.780. The van der Waals surface area contributed by atoms with Gasteiger partial charge in [0.15, 0.2) is 5.82 Å². The summed E-state index contributed by atoms with van der Waals surface area (Å²) in [4.78, 5) is 0. The van der Waals surface area contributed by atoms with Crippen LogP contribution in [0.15, 0.2) is 34.9 Å². The fourth-order valence-electron chi connectivity index (χ4n) is 1.50. The number of nitrogens with two attached hydrogens (primary N) is 1. The van der Waals surface area contributed by atoms with Gasteiger partial charge in [0.1, 0.15) is 23.9 Å². The van der Waals surface area contributed by atoms with Gasteiger partial charge in [0.25, 0.3) is 0 Å². The Balaban J connectivity index is 1.86. The second kappa shape index (κ2) is 5.83. The van der Waals surface area contributed by atoms with Crippen LogP contribution < -0.4 is 15.2 Å². The molecule has 1 aromatic carbocycles. The van der Waals surface area contributed by atoms with Crippen LogP contribution in [0.3, 0.4) is 0 Å². The number of nitrogen functional groups attached to an aromatic ring is 1. The molecule has 0 unspecified atom stereocenters. The van der Waals surface area contributed by atoms with Crippen LogP contribution in [-0.2, 0) is 10.0 Å². The third-order valence-corrected chi connectivity index (χ3v) is 3.59. The molecule has 3 N–H and O–H groups in total. The van der Waals surface area contributed by atoms with Gasteiger partial charge in [-0.25, -0.2) is 8.42 Å². The van der Waals surface area contributed by atoms with E-state index in [-0.39, 0.29) is 18.2 Å². The van der Waals surface area contributed by atoms with E-state index < -0.39 is 10.0 Å². The highest BCUT2D eigenvalue weighted by molar-refractivity contribution is 7.92. The van der Waals surface area contributed by atoms with Crippen LogP contribution in [0, 0.1) is 6.92 Å². The minimum Gasteiger partial charge on any atom is -0.492 e. The van der Waals surface area contributed by atoms with Gasteiger partial charge in [-0.1, -0.05) is 11.2 Å². The first kappa shape index (κ1) is 14.2. The van der Waals surface area contributed by atoms with Crippen molar-refractivity contribution in [3.8, 4) is 5.75 Å². The summed E-state index contributed by atoms with van der Waals surface area (Å²) < 4.78 is 35.9. The maximum atomic E-state index is 11.8. The molecule has 20 heavy (non-hydrogen) atoms. The number of nitrogens with one attached hydrogen (secondary N) is 1. The lowest BCUT2D eigenvalue weighted by atomic mass is 10.3. The van der Waals surface area contributed by atoms with Crippen LogP contribution >= 0.6 is 0 Å². The molecule has 1 aromatic heterocycles. The molecule has 8 heteroatoms. The third-order valence-electron chi connectivity index (χ3n) is 2.37. The standard InChI is InChI=1S/C12H15N3O4S/c1-9-7-12(14-19-9)15-20(16,17)6-5-18-11-4-2-3-10(13)8-11/h2-4,7-8H,5-6,13H2,1H3,(H,14,15). The molecule has 0 atom stereocenters. The third kappa shape index (κ3) is 4.16. The zero-order chi connectivity index (χ0) is 14.6. The molecule has 1 heterocycles. The van der Waals surface area contributed by atoms with Crippen molar-refractivity contribution < 1.29 is 17.7 Å². The Labute approximate surface area is 116 Å². The van der Waals surface area contributed by atoms with Crippen LogP contribution in [0.4, 0.5) is 11.5 Å². The van der Waals surface area contributed by atoms with Crippen molar-refractivity contribution in [3.63, 3.8) is 0 Å². The normalized spacial score (nSPS) is 11.2. The summed E-state index contributed by atoms with van der Waals surface area (Å²) in [6.45, 7) is 1.68. The van der Waals surface area contributed by atoms with Gasteiger partial charge < -0.3 is 15.0 Å². The molecule has 0 fully saturated rings. The smallest absolute Gasteiger partial charge is 0.237 e. The van der Waals surface area contributed by atoms with Gasteiger partial charge >= 0.3 is 0 Å². The molecule has 0 spiro atoms. The number of rotatable bonds is 6. The van der Waals surface area contributed by atoms with Gasteiger partial charge in [0, 0.05) is 17.8 Å². The fraction of sp³-hybridized carbons (Fsp3) is 0.250. The topological polar surface area (TPSA) is 107 Å². The molecule has 0 amide bonds. The highest BCUT2D eigenvalue weighted by Crippen LogP contribution is 2.14. The molecule has 0 aliphatic carbocycles. The highest BCUT2D eigenvalue weighted by atomic mass is 32.2. The second-order valence-electron chi connectivity index (χ2n) is 4.16. The van der Waals surface area contributed by atoms with Crippen molar-refractivity contribution in [2.24, 2.45) is 0 Å². The first-order valence-electron chi connectivity index (χ1n) is 5.87. The number of sulfonamides is 1. The number of anilines is 2. The first-order chi connectivity index (χ1) is 9.44. The fourth-order valence-corrected chi connectivity index (χ4v) is 2.32. The van der Waals surface area contributed by atoms with Gasteiger partial charge in [0.2, 0.25) is 10.0 Å². The van der Waals surface area contributed by atoms with Crippen molar-refractivity contribution >= 4 is 21.5 Å². The van der Waals surface area contributed by atoms with Gasteiger partial charge in [0.05, 0.1) is 0 Å². The van der Waals surface area contributed by atoms with Crippen molar-refractivity contribution in [3.05, 3.63) is 36.1 Å². The Bertz CT molecular complexity index is 682. The van der Waals surface area contributed by atoms with E-state index in [1.54, 1.807) is 31.2 Å². The van der Waals surface area contributed by atoms with Crippen LogP contribution in [0.5, 0.6) is 5.75 Å². The van der Waals surface area contributed by atoms with Gasteiger partial charge in [-0.3, -0.25) is 4.72 Å². The number of aromatic nitrogens is 1. The van der Waals surface area contributed by atoms with Crippen molar-refractivity contribution in [1.82, 2.24) is 5.16 Å². The number of aryl methyl sites for hydroxylation is 1. The number of hydrogen-bond acceptors (Lipinski definition) is 6. The minimum absolute atomic E-state index is 0.00954. The lowest BCUT2D eigenvalue weighted by Gasteiger charge is -2.07. The Morgan fingerprint density at radius 2 is 2.20 bits per heavy atom. The highest BCUT2D eigenvalue weighted by Gasteiger charge is 2.13. The van der Waals surface area contributed by atoms with Crippen LogP contribution in [0.25, 0.3) is 0 Å². The van der Waals surface area contributed by atoms with Crippen molar-refractivity contribution in [1.29, 1.82) is 0 Å². The van der Waals surface area contributed by atoms with Gasteiger partial charge in [-0.15, -0.1) is 0 Å². The molecule has 0 aliphatic heterocycles. The van der Waals surface area contributed by atoms with Crippen molar-refractivity contribution in [2.75, 3.05) is 22.8 Å². The lowest BCUT2D eigenvalue weighted by molar-refractivity contribution is 0.341. The van der Waals surface area contributed by atoms with E-state index in [1.807, 2.05) is 0 Å². The molecule has 0 bridgehead atoms. The maximum Gasteiger partial charge on any atom is 0.237 e. The van der Waals surface area contributed by atoms with Crippen molar-refractivity contribution in [2.45, 2.75) is 6.92 Å². The second-order valence-corrected chi connectivity index (χ2v) is 6.01. The Hall–Kier alpha value is -2.22. The molecule has 0 aliphatic rings. The molecule has 0 radical (unpaired) electrons. The molecule has 2 rings (SSSR count). The predicted octanol–water partition coefficient (Wildman–Crippen LogP) is 1.39. The lowest BCUT2D eigenvalue weighted by Crippen LogP contribution is -2.21. The summed E-state index contributed by atoms with van der Waals surface area (Å²) in [5.74, 6) is 1.01. The van der Waals surface area contributed by atoms with Crippen LogP contribution in [0.1, 0.15) is 5.76 Å². The Morgan fingerprint density at radius 1 is 1.40 bits per heavy atom. The molecular weight excluding hydrogens is 282 g/mol. The van der Waals surface area contributed by atoms with E-state index in [2.05, 4.69) is 9.88 Å². The average molecular weight is 297 g/mol. The SMILES string of the molecule is Cc1cc(NS(=O)(=O)CCOc2cccc(N)c2)no1. The Kier molecular flexibility index (Phi) is 4.14. The maximum absolute atomic E-state index is 11.8. The molecule has 2 aromatic rings. The van der Waals surface area contributed by atoms with E-state index in [0.717, 1.165) is 0 Å². The summed E-state index contributed by atoms with van der Waals surface area (Å²) in [5.41, 5.74) is 6.15. The van der Waals surface area contributed by atoms with E-state index >= 15 is 0 Å². The van der Waals surface area contributed by atoms with Gasteiger partial charge in [-0.05, 0) is 19.1 Å². The van der Waals surface area contributed by atoms with E-state index in [4.69, 9.17) is 15.0 Å². The summed E-state index contributed by atoms with van der Waals surface area (Å²) in [6, 6.07) is 8.28. The molecule has 0 saturated carbocycles. The zero-order valence-electron chi connectivity index (χ0n) is 10.9. The monoisotopic (exact) mass is 297 g/mol. The van der Waals surface area contributed by atoms with Crippen LogP contribution in [-0.4, -0.2) is 25.9 Å². The molecule has 0 saturated heterocycles. The summed E-state index contributed by atoms with van der Waals surface area (Å²) in [6.07, 6.45) is 0. The number of ether oxygens (including phenoxy) is 1. The van der Waals surface area contributed by atoms with Gasteiger partial charge in [-0.2, -0.15) is 0 Å². The first-order valence-corrected chi connectivity index (χ1v) is 7.52. The molecular formula is C12H15N3O4S. The van der Waals surface area contributed by atoms with Crippen LogP contribution in [0.2, 0.25) is 0 Å². The zero-order valence-corrected chi connectivity index (χ0v) is 11.7. The Morgan fingerprint density at radius 3 is 2.85 bits per heavy atom. The molecule has 7 nitrogen and oxygen atoms in total. The summed E-state index contributed by atoms with van der Waals surface area (Å²) >= 11 is 0. The predicted molar refractivity (Wildman–Crippen MR) is 75.0 cm³/mol. The van der Waals surface area contributed by atoms with E-state index in [9.17, 15) is 8.42 Å². The number of hydrogen-bond donors (Lipinski definition) is 2. The summed E-state index contributed by atoms with van der Waals surface area (Å²) in [7, 11) is -3.53.